The summed E-state index contributed by atoms with van der Waals surface area (Å²) in [6.07, 6.45) is 4.08. The van der Waals surface area contributed by atoms with Crippen molar-refractivity contribution in [3.63, 3.8) is 0 Å². The number of carbonyl (C=O) groups is 5. The number of nitrogens with one attached hydrogen (secondary N) is 2. The fourth-order valence-corrected chi connectivity index (χ4v) is 10.4. The quantitative estimate of drug-likeness (QED) is 0.229. The lowest BCUT2D eigenvalue weighted by Crippen LogP contribution is -2.74. The van der Waals surface area contributed by atoms with E-state index in [0.717, 1.165) is 79.3 Å². The molecule has 0 bridgehead atoms. The van der Waals surface area contributed by atoms with E-state index in [-0.39, 0.29) is 41.7 Å². The molecule has 60 heavy (non-hydrogen) atoms. The minimum Gasteiger partial charge on any atom is -0.489 e. The van der Waals surface area contributed by atoms with Crippen molar-refractivity contribution in [1.29, 1.82) is 5.26 Å². The number of rotatable bonds is 7. The van der Waals surface area contributed by atoms with E-state index in [1.165, 1.54) is 0 Å². The predicted octanol–water partition coefficient (Wildman–Crippen LogP) is 5.61. The SMILES string of the molecule is Cc1cc(OC2C(C)(C)C(NC(=O)c3ccc(C#CC4CCN(C5CCN(c6ccc7c(c6)C(=O)N(C6CCC(=O)NC6=O)C7=O)CC5)CC4)cc3)C2(C)C)ccc1C#N. The number of ether oxygens (including phenoxy) is 1. The number of hydrogen-bond acceptors (Lipinski definition) is 9. The zero-order valence-electron chi connectivity index (χ0n) is 35.0. The molecule has 8 rings (SSSR count). The maximum absolute atomic E-state index is 13.4. The first-order valence-electron chi connectivity index (χ1n) is 21.1. The molecule has 1 aliphatic carbocycles. The van der Waals surface area contributed by atoms with E-state index in [0.29, 0.717) is 34.2 Å². The molecule has 12 nitrogen and oxygen atoms in total. The van der Waals surface area contributed by atoms with Gasteiger partial charge in [-0.05, 0) is 118 Å². The van der Waals surface area contributed by atoms with Crippen LogP contribution in [0.3, 0.4) is 0 Å². The maximum atomic E-state index is 13.4. The van der Waals surface area contributed by atoms with E-state index in [1.54, 1.807) is 18.2 Å². The molecule has 5 amide bonds. The highest BCUT2D eigenvalue weighted by Gasteiger charge is 2.64. The number of nitriles is 1. The fraction of sp³-hybridized carbons (Fsp3) is 0.458. The van der Waals surface area contributed by atoms with Gasteiger partial charge in [0.05, 0.1) is 22.8 Å². The van der Waals surface area contributed by atoms with E-state index in [4.69, 9.17) is 4.74 Å². The Hall–Kier alpha value is -5.98. The third-order valence-electron chi connectivity index (χ3n) is 13.6. The average molecular weight is 809 g/mol. The number of piperidine rings is 3. The van der Waals surface area contributed by atoms with Gasteiger partial charge in [-0.2, -0.15) is 5.26 Å². The lowest BCUT2D eigenvalue weighted by atomic mass is 9.49. The molecule has 12 heteroatoms. The summed E-state index contributed by atoms with van der Waals surface area (Å²) in [6.45, 7) is 14.0. The van der Waals surface area contributed by atoms with E-state index in [9.17, 15) is 29.2 Å². The summed E-state index contributed by atoms with van der Waals surface area (Å²) in [5.74, 6) is 5.79. The molecule has 1 atom stereocenters. The van der Waals surface area contributed by atoms with Gasteiger partial charge in [0.2, 0.25) is 11.8 Å². The molecule has 3 saturated heterocycles. The van der Waals surface area contributed by atoms with Crippen LogP contribution in [0.25, 0.3) is 0 Å². The summed E-state index contributed by atoms with van der Waals surface area (Å²) in [5.41, 5.74) is 3.84. The van der Waals surface area contributed by atoms with Gasteiger partial charge in [-0.3, -0.25) is 34.2 Å². The number of carbonyl (C=O) groups excluding carboxylic acids is 5. The zero-order chi connectivity index (χ0) is 42.5. The topological polar surface area (TPSA) is 152 Å². The Morgan fingerprint density at radius 1 is 0.833 bits per heavy atom. The number of imide groups is 2. The number of hydrogen-bond donors (Lipinski definition) is 2. The second kappa shape index (κ2) is 15.9. The van der Waals surface area contributed by atoms with E-state index < -0.39 is 29.7 Å². The van der Waals surface area contributed by atoms with Crippen molar-refractivity contribution in [3.05, 3.63) is 94.0 Å². The fourth-order valence-electron chi connectivity index (χ4n) is 10.4. The van der Waals surface area contributed by atoms with Gasteiger partial charge in [0.1, 0.15) is 17.9 Å². The summed E-state index contributed by atoms with van der Waals surface area (Å²) >= 11 is 0. The molecule has 0 radical (unpaired) electrons. The first kappa shape index (κ1) is 40.8. The number of likely N-dealkylation sites (tertiary alicyclic amines) is 1. The van der Waals surface area contributed by atoms with Crippen LogP contribution in [0.15, 0.2) is 60.7 Å². The van der Waals surface area contributed by atoms with Gasteiger partial charge in [-0.1, -0.05) is 39.5 Å². The summed E-state index contributed by atoms with van der Waals surface area (Å²) in [5, 5.41) is 14.8. The van der Waals surface area contributed by atoms with Gasteiger partial charge < -0.3 is 19.9 Å². The Kier molecular flexibility index (Phi) is 10.8. The molecule has 0 spiro atoms. The predicted molar refractivity (Wildman–Crippen MR) is 225 cm³/mol. The summed E-state index contributed by atoms with van der Waals surface area (Å²) < 4.78 is 6.45. The van der Waals surface area contributed by atoms with Crippen LogP contribution < -0.4 is 20.3 Å². The van der Waals surface area contributed by atoms with Crippen LogP contribution in [-0.4, -0.2) is 89.7 Å². The minimum atomic E-state index is -0.973. The highest BCUT2D eigenvalue weighted by atomic mass is 16.5. The van der Waals surface area contributed by atoms with E-state index in [2.05, 4.69) is 66.0 Å². The molecule has 1 saturated carbocycles. The van der Waals surface area contributed by atoms with Gasteiger partial charge in [0, 0.05) is 65.2 Å². The van der Waals surface area contributed by atoms with Crippen LogP contribution in [0.4, 0.5) is 5.69 Å². The van der Waals surface area contributed by atoms with Gasteiger partial charge in [-0.15, -0.1) is 0 Å². The van der Waals surface area contributed by atoms with Crippen LogP contribution in [0, 0.1) is 46.8 Å². The largest absolute Gasteiger partial charge is 0.489 e. The summed E-state index contributed by atoms with van der Waals surface area (Å²) in [7, 11) is 0. The number of anilines is 1. The Balaban J connectivity index is 0.794. The molecule has 4 fully saturated rings. The van der Waals surface area contributed by atoms with Crippen molar-refractivity contribution in [2.45, 2.75) is 97.4 Å². The Labute approximate surface area is 351 Å². The monoisotopic (exact) mass is 808 g/mol. The molecule has 2 N–H and O–H groups in total. The lowest BCUT2D eigenvalue weighted by molar-refractivity contribution is -0.164. The van der Waals surface area contributed by atoms with Gasteiger partial charge in [-0.25, -0.2) is 0 Å². The smallest absolute Gasteiger partial charge is 0.262 e. The molecule has 310 valence electrons. The van der Waals surface area contributed by atoms with Gasteiger partial charge in [0.25, 0.3) is 17.7 Å². The molecule has 1 unspecified atom stereocenters. The second-order valence-corrected chi connectivity index (χ2v) is 18.2. The van der Waals surface area contributed by atoms with E-state index in [1.807, 2.05) is 49.4 Å². The average Bonchev–Trinajstić information content (AvgIpc) is 3.49. The lowest BCUT2D eigenvalue weighted by Gasteiger charge is -2.63. The third kappa shape index (κ3) is 7.54. The Morgan fingerprint density at radius 2 is 1.52 bits per heavy atom. The summed E-state index contributed by atoms with van der Waals surface area (Å²) in [4.78, 5) is 69.9. The van der Waals surface area contributed by atoms with Crippen LogP contribution in [0.2, 0.25) is 0 Å². The molecule has 4 aliphatic heterocycles. The number of nitrogens with zero attached hydrogens (tertiary/aromatic N) is 4. The molecular formula is C48H52N6O6. The number of amides is 5. The normalized spacial score (nSPS) is 24.1. The van der Waals surface area contributed by atoms with E-state index >= 15 is 0 Å². The summed E-state index contributed by atoms with van der Waals surface area (Å²) in [6, 6.07) is 20.0. The zero-order valence-corrected chi connectivity index (χ0v) is 35.0. The first-order chi connectivity index (χ1) is 28.6. The number of fused-ring (bicyclic) bond motifs is 1. The standard InChI is InChI=1S/C48H52N6O6/c1-29-26-36(14-12-33(29)28-49)60-46-47(2,3)45(48(46,4)5)51-41(56)32-10-8-30(9-11-32)6-7-31-18-22-52(23-19-31)34-20-24-53(25-21-34)35-13-15-37-38(27-35)44(59)54(43(37)58)39-16-17-40(55)50-42(39)57/h8-15,26-27,31,34,39,45-46H,16-25H2,1-5H3,(H,51,56)(H,50,55,57). The first-order valence-corrected chi connectivity index (χ1v) is 21.1. The van der Waals surface area contributed by atoms with Crippen molar-refractivity contribution in [3.8, 4) is 23.7 Å². The van der Waals surface area contributed by atoms with Gasteiger partial charge >= 0.3 is 0 Å². The van der Waals surface area contributed by atoms with Crippen molar-refractivity contribution in [2.75, 3.05) is 31.1 Å². The maximum Gasteiger partial charge on any atom is 0.262 e. The van der Waals surface area contributed by atoms with Crippen molar-refractivity contribution < 1.29 is 28.7 Å². The second-order valence-electron chi connectivity index (χ2n) is 18.2. The number of aryl methyl sites for hydroxylation is 1. The van der Waals surface area contributed by atoms with Crippen LogP contribution >= 0.6 is 0 Å². The van der Waals surface area contributed by atoms with Crippen LogP contribution in [0.5, 0.6) is 5.75 Å². The molecular weight excluding hydrogens is 757 g/mol. The molecule has 5 aliphatic rings. The van der Waals surface area contributed by atoms with Crippen LogP contribution in [0.1, 0.15) is 114 Å². The van der Waals surface area contributed by atoms with Crippen LogP contribution in [-0.2, 0) is 9.59 Å². The molecule has 0 aromatic heterocycles. The molecule has 4 heterocycles. The highest BCUT2D eigenvalue weighted by molar-refractivity contribution is 6.23. The van der Waals surface area contributed by atoms with Gasteiger partial charge in [0.15, 0.2) is 0 Å². The van der Waals surface area contributed by atoms with Crippen molar-refractivity contribution >= 4 is 35.2 Å². The minimum absolute atomic E-state index is 0.0914. The third-order valence-corrected chi connectivity index (χ3v) is 13.6. The Bertz CT molecular complexity index is 2340. The highest BCUT2D eigenvalue weighted by Crippen LogP contribution is 2.55. The van der Waals surface area contributed by atoms with Crippen molar-refractivity contribution in [1.82, 2.24) is 20.4 Å². The molecule has 3 aromatic carbocycles. The van der Waals surface area contributed by atoms with Crippen molar-refractivity contribution in [2.24, 2.45) is 16.7 Å². The number of benzene rings is 3. The Morgan fingerprint density at radius 3 is 2.17 bits per heavy atom. The molecule has 3 aromatic rings.